The molecule has 1 fully saturated rings. The maximum atomic E-state index is 12.1. The van der Waals surface area contributed by atoms with E-state index in [9.17, 15) is 9.90 Å². The molecular weight excluding hydrogens is 340 g/mol. The molecule has 1 atom stereocenters. The van der Waals surface area contributed by atoms with E-state index in [0.29, 0.717) is 19.1 Å². The van der Waals surface area contributed by atoms with Gasteiger partial charge in [0.2, 0.25) is 0 Å². The van der Waals surface area contributed by atoms with Crippen LogP contribution in [0.1, 0.15) is 23.5 Å². The van der Waals surface area contributed by atoms with E-state index in [1.807, 2.05) is 24.3 Å². The molecular formula is C22H26N2O3. The van der Waals surface area contributed by atoms with E-state index in [0.717, 1.165) is 26.1 Å². The minimum absolute atomic E-state index is 0.0899. The van der Waals surface area contributed by atoms with Crippen molar-refractivity contribution in [3.05, 3.63) is 59.7 Å². The molecule has 1 unspecified atom stereocenters. The summed E-state index contributed by atoms with van der Waals surface area (Å²) < 4.78 is 5.54. The molecule has 0 saturated carbocycles. The van der Waals surface area contributed by atoms with Gasteiger partial charge in [-0.25, -0.2) is 4.79 Å². The number of hydrogen-bond donors (Lipinski definition) is 2. The molecule has 0 aromatic heterocycles. The van der Waals surface area contributed by atoms with Crippen LogP contribution in [-0.2, 0) is 4.74 Å². The van der Waals surface area contributed by atoms with Crippen LogP contribution >= 0.6 is 0 Å². The number of amides is 1. The molecule has 0 radical (unpaired) electrons. The molecule has 5 nitrogen and oxygen atoms in total. The van der Waals surface area contributed by atoms with Crippen molar-refractivity contribution in [2.75, 3.05) is 39.4 Å². The number of alkyl carbamates (subject to hydrolysis) is 1. The standard InChI is InChI=1S/C22H26N2O3/c25-14-16-9-11-24(13-16)12-10-23-22(26)27-15-21-19-7-3-1-5-17(19)18-6-2-4-8-20(18)21/h1-8,16,21,25H,9-15H2,(H,23,26). The third-order valence-electron chi connectivity index (χ3n) is 5.67. The number of hydrogen-bond acceptors (Lipinski definition) is 4. The van der Waals surface area contributed by atoms with Crippen LogP contribution < -0.4 is 5.32 Å². The number of aliphatic hydroxyl groups is 1. The highest BCUT2D eigenvalue weighted by atomic mass is 16.5. The Labute approximate surface area is 160 Å². The molecule has 2 aromatic rings. The van der Waals surface area contributed by atoms with Gasteiger partial charge in [0.15, 0.2) is 0 Å². The van der Waals surface area contributed by atoms with E-state index >= 15 is 0 Å². The van der Waals surface area contributed by atoms with Crippen LogP contribution in [0.25, 0.3) is 11.1 Å². The van der Waals surface area contributed by atoms with Crippen molar-refractivity contribution in [3.8, 4) is 11.1 Å². The normalized spacial score (nSPS) is 18.9. The van der Waals surface area contributed by atoms with Gasteiger partial charge in [0.1, 0.15) is 6.61 Å². The predicted molar refractivity (Wildman–Crippen MR) is 105 cm³/mol. The molecule has 4 rings (SSSR count). The Morgan fingerprint density at radius 2 is 1.78 bits per heavy atom. The van der Waals surface area contributed by atoms with Gasteiger partial charge in [-0.05, 0) is 41.1 Å². The number of nitrogens with one attached hydrogen (secondary N) is 1. The molecule has 142 valence electrons. The van der Waals surface area contributed by atoms with Crippen molar-refractivity contribution in [2.45, 2.75) is 12.3 Å². The van der Waals surface area contributed by atoms with E-state index in [2.05, 4.69) is 34.5 Å². The van der Waals surface area contributed by atoms with Gasteiger partial charge >= 0.3 is 6.09 Å². The van der Waals surface area contributed by atoms with Crippen molar-refractivity contribution in [1.29, 1.82) is 0 Å². The molecule has 1 heterocycles. The Bertz CT molecular complexity index is 762. The number of likely N-dealkylation sites (tertiary alicyclic amines) is 1. The quantitative estimate of drug-likeness (QED) is 0.825. The van der Waals surface area contributed by atoms with Crippen LogP contribution in [0.2, 0.25) is 0 Å². The molecule has 1 aliphatic carbocycles. The van der Waals surface area contributed by atoms with Crippen molar-refractivity contribution in [1.82, 2.24) is 10.2 Å². The first-order valence-corrected chi connectivity index (χ1v) is 9.68. The first-order valence-electron chi connectivity index (χ1n) is 9.68. The van der Waals surface area contributed by atoms with Crippen molar-refractivity contribution in [2.24, 2.45) is 5.92 Å². The Kier molecular flexibility index (Phi) is 5.41. The summed E-state index contributed by atoms with van der Waals surface area (Å²) in [6, 6.07) is 16.7. The second-order valence-corrected chi connectivity index (χ2v) is 7.39. The van der Waals surface area contributed by atoms with E-state index in [1.54, 1.807) is 0 Å². The fraction of sp³-hybridized carbons (Fsp3) is 0.409. The molecule has 2 aliphatic rings. The van der Waals surface area contributed by atoms with E-state index < -0.39 is 0 Å². The summed E-state index contributed by atoms with van der Waals surface area (Å²) in [5.74, 6) is 0.464. The SMILES string of the molecule is O=C(NCCN1CCC(CO)C1)OCC1c2ccccc2-c2ccccc21. The molecule has 1 amide bonds. The average Bonchev–Trinajstić information content (AvgIpc) is 3.29. The number of ether oxygens (including phenoxy) is 1. The summed E-state index contributed by atoms with van der Waals surface area (Å²) in [6.45, 7) is 3.84. The summed E-state index contributed by atoms with van der Waals surface area (Å²) in [4.78, 5) is 14.4. The van der Waals surface area contributed by atoms with Crippen molar-refractivity contribution < 1.29 is 14.6 Å². The van der Waals surface area contributed by atoms with Crippen LogP contribution in [0.15, 0.2) is 48.5 Å². The third kappa shape index (κ3) is 3.84. The molecule has 0 bridgehead atoms. The largest absolute Gasteiger partial charge is 0.449 e. The summed E-state index contributed by atoms with van der Waals surface area (Å²) in [6.07, 6.45) is 0.663. The van der Waals surface area contributed by atoms with Gasteiger partial charge in [0.25, 0.3) is 0 Å². The Hall–Kier alpha value is -2.37. The zero-order valence-electron chi connectivity index (χ0n) is 15.4. The molecule has 27 heavy (non-hydrogen) atoms. The zero-order chi connectivity index (χ0) is 18.6. The fourth-order valence-electron chi connectivity index (χ4n) is 4.23. The number of nitrogens with zero attached hydrogens (tertiary/aromatic N) is 1. The molecule has 5 heteroatoms. The topological polar surface area (TPSA) is 61.8 Å². The lowest BCUT2D eigenvalue weighted by atomic mass is 9.98. The number of fused-ring (bicyclic) bond motifs is 3. The summed E-state index contributed by atoms with van der Waals surface area (Å²) in [7, 11) is 0. The second kappa shape index (κ2) is 8.11. The van der Waals surface area contributed by atoms with Gasteiger partial charge in [0, 0.05) is 32.2 Å². The number of benzene rings is 2. The molecule has 1 aliphatic heterocycles. The third-order valence-corrected chi connectivity index (χ3v) is 5.67. The molecule has 2 N–H and O–H groups in total. The average molecular weight is 366 g/mol. The van der Waals surface area contributed by atoms with Gasteiger partial charge in [-0.3, -0.25) is 0 Å². The van der Waals surface area contributed by atoms with Gasteiger partial charge < -0.3 is 20.1 Å². The zero-order valence-corrected chi connectivity index (χ0v) is 15.4. The van der Waals surface area contributed by atoms with Crippen LogP contribution in [0.3, 0.4) is 0 Å². The first kappa shape index (κ1) is 18.0. The highest BCUT2D eigenvalue weighted by Gasteiger charge is 2.29. The maximum Gasteiger partial charge on any atom is 0.407 e. The highest BCUT2D eigenvalue weighted by Crippen LogP contribution is 2.44. The van der Waals surface area contributed by atoms with Gasteiger partial charge in [-0.2, -0.15) is 0 Å². The number of carbonyl (C=O) groups is 1. The fourth-order valence-corrected chi connectivity index (χ4v) is 4.23. The maximum absolute atomic E-state index is 12.1. The van der Waals surface area contributed by atoms with Gasteiger partial charge in [0.05, 0.1) is 0 Å². The Morgan fingerprint density at radius 1 is 1.11 bits per heavy atom. The molecule has 0 spiro atoms. The highest BCUT2D eigenvalue weighted by molar-refractivity contribution is 5.79. The number of rotatable bonds is 6. The van der Waals surface area contributed by atoms with Gasteiger partial charge in [-0.1, -0.05) is 48.5 Å². The second-order valence-electron chi connectivity index (χ2n) is 7.39. The lowest BCUT2D eigenvalue weighted by Crippen LogP contribution is -2.34. The van der Waals surface area contributed by atoms with Crippen molar-refractivity contribution in [3.63, 3.8) is 0 Å². The summed E-state index contributed by atoms with van der Waals surface area (Å²) in [5.41, 5.74) is 4.90. The van der Waals surface area contributed by atoms with E-state index in [4.69, 9.17) is 4.74 Å². The minimum Gasteiger partial charge on any atom is -0.449 e. The van der Waals surface area contributed by atoms with Crippen molar-refractivity contribution >= 4 is 6.09 Å². The van der Waals surface area contributed by atoms with E-state index in [-0.39, 0.29) is 18.6 Å². The Balaban J connectivity index is 1.29. The smallest absolute Gasteiger partial charge is 0.407 e. The molecule has 2 aromatic carbocycles. The van der Waals surface area contributed by atoms with Crippen LogP contribution in [0.4, 0.5) is 4.79 Å². The van der Waals surface area contributed by atoms with Crippen LogP contribution in [-0.4, -0.2) is 55.5 Å². The first-order chi connectivity index (χ1) is 13.3. The number of carbonyl (C=O) groups excluding carboxylic acids is 1. The predicted octanol–water partition coefficient (Wildman–Crippen LogP) is 2.84. The molecule has 1 saturated heterocycles. The lowest BCUT2D eigenvalue weighted by molar-refractivity contribution is 0.141. The van der Waals surface area contributed by atoms with E-state index in [1.165, 1.54) is 22.3 Å². The summed E-state index contributed by atoms with van der Waals surface area (Å²) in [5, 5.41) is 12.0. The lowest BCUT2D eigenvalue weighted by Gasteiger charge is -2.17. The van der Waals surface area contributed by atoms with Gasteiger partial charge in [-0.15, -0.1) is 0 Å². The van der Waals surface area contributed by atoms with Crippen LogP contribution in [0.5, 0.6) is 0 Å². The monoisotopic (exact) mass is 366 g/mol. The minimum atomic E-state index is -0.366. The number of aliphatic hydroxyl groups excluding tert-OH is 1. The Morgan fingerprint density at radius 3 is 2.41 bits per heavy atom. The van der Waals surface area contributed by atoms with Crippen LogP contribution in [0, 0.1) is 5.92 Å². The summed E-state index contributed by atoms with van der Waals surface area (Å²) >= 11 is 0.